The lowest BCUT2D eigenvalue weighted by Gasteiger charge is -2.05. The fourth-order valence-electron chi connectivity index (χ4n) is 2.84. The molecule has 4 nitrogen and oxygen atoms in total. The number of phenols is 1. The SMILES string of the molecule is Cn1c(/N=C/c2c(O)ccc3cc(Br)ccc23)nc2ccc(Br)cc21. The van der Waals surface area contributed by atoms with Crippen LogP contribution in [0.3, 0.4) is 0 Å². The summed E-state index contributed by atoms with van der Waals surface area (Å²) in [6, 6.07) is 15.4. The number of aliphatic imine (C=N–C) groups is 1. The molecule has 25 heavy (non-hydrogen) atoms. The van der Waals surface area contributed by atoms with E-state index in [4.69, 9.17) is 0 Å². The highest BCUT2D eigenvalue weighted by atomic mass is 79.9. The van der Waals surface area contributed by atoms with Crippen molar-refractivity contribution in [2.45, 2.75) is 0 Å². The number of hydrogen-bond acceptors (Lipinski definition) is 3. The van der Waals surface area contributed by atoms with Gasteiger partial charge in [-0.15, -0.1) is 0 Å². The van der Waals surface area contributed by atoms with Gasteiger partial charge in [0.15, 0.2) is 0 Å². The number of aryl methyl sites for hydroxylation is 1. The van der Waals surface area contributed by atoms with Crippen molar-refractivity contribution in [3.63, 3.8) is 0 Å². The van der Waals surface area contributed by atoms with Crippen molar-refractivity contribution < 1.29 is 5.11 Å². The lowest BCUT2D eigenvalue weighted by Crippen LogP contribution is -1.89. The summed E-state index contributed by atoms with van der Waals surface area (Å²) in [5.41, 5.74) is 2.55. The number of aromatic hydroxyl groups is 1. The highest BCUT2D eigenvalue weighted by Crippen LogP contribution is 2.29. The Kier molecular flexibility index (Phi) is 4.09. The second-order valence-corrected chi connectivity index (χ2v) is 7.56. The molecule has 0 atom stereocenters. The maximum atomic E-state index is 10.3. The van der Waals surface area contributed by atoms with Gasteiger partial charge in [-0.1, -0.05) is 44.0 Å². The second kappa shape index (κ2) is 6.28. The molecule has 0 saturated carbocycles. The smallest absolute Gasteiger partial charge is 0.230 e. The molecule has 0 aliphatic heterocycles. The lowest BCUT2D eigenvalue weighted by molar-refractivity contribution is 0.475. The molecule has 124 valence electrons. The molecule has 3 aromatic carbocycles. The topological polar surface area (TPSA) is 50.4 Å². The van der Waals surface area contributed by atoms with E-state index in [2.05, 4.69) is 41.8 Å². The number of rotatable bonds is 2. The molecule has 4 aromatic rings. The summed E-state index contributed by atoms with van der Waals surface area (Å²) in [6.07, 6.45) is 1.67. The summed E-state index contributed by atoms with van der Waals surface area (Å²) in [5.74, 6) is 0.779. The van der Waals surface area contributed by atoms with E-state index in [1.54, 1.807) is 12.3 Å². The van der Waals surface area contributed by atoms with E-state index in [9.17, 15) is 5.11 Å². The Labute approximate surface area is 161 Å². The number of imidazole rings is 1. The lowest BCUT2D eigenvalue weighted by atomic mass is 10.0. The van der Waals surface area contributed by atoms with E-state index in [1.807, 2.05) is 54.1 Å². The van der Waals surface area contributed by atoms with Gasteiger partial charge in [0.05, 0.1) is 11.0 Å². The van der Waals surface area contributed by atoms with Crippen LogP contribution < -0.4 is 0 Å². The Balaban J connectivity index is 1.84. The minimum Gasteiger partial charge on any atom is -0.507 e. The monoisotopic (exact) mass is 457 g/mol. The predicted octanol–water partition coefficient (Wildman–Crippen LogP) is 5.71. The van der Waals surface area contributed by atoms with Gasteiger partial charge >= 0.3 is 0 Å². The first-order valence-electron chi connectivity index (χ1n) is 7.60. The minimum atomic E-state index is 0.195. The number of hydrogen-bond donors (Lipinski definition) is 1. The highest BCUT2D eigenvalue weighted by Gasteiger charge is 2.09. The van der Waals surface area contributed by atoms with E-state index in [0.717, 1.165) is 30.8 Å². The maximum Gasteiger partial charge on any atom is 0.230 e. The molecular formula is C19H13Br2N3O. The van der Waals surface area contributed by atoms with Crippen LogP contribution in [0.25, 0.3) is 21.8 Å². The average molecular weight is 459 g/mol. The Hall–Kier alpha value is -2.18. The van der Waals surface area contributed by atoms with E-state index in [1.165, 1.54) is 0 Å². The van der Waals surface area contributed by atoms with Crippen molar-refractivity contribution >= 4 is 65.8 Å². The molecule has 0 spiro atoms. The zero-order valence-corrected chi connectivity index (χ0v) is 16.4. The van der Waals surface area contributed by atoms with Crippen LogP contribution in [0.4, 0.5) is 5.95 Å². The molecule has 0 aliphatic rings. The average Bonchev–Trinajstić information content (AvgIpc) is 2.90. The molecule has 1 aromatic heterocycles. The Morgan fingerprint density at radius 3 is 2.64 bits per heavy atom. The maximum absolute atomic E-state index is 10.3. The molecule has 6 heteroatoms. The fraction of sp³-hybridized carbons (Fsp3) is 0.0526. The zero-order chi connectivity index (χ0) is 17.6. The van der Waals surface area contributed by atoms with Gasteiger partial charge < -0.3 is 9.67 Å². The molecule has 0 fully saturated rings. The highest BCUT2D eigenvalue weighted by molar-refractivity contribution is 9.10. The zero-order valence-electron chi connectivity index (χ0n) is 13.2. The summed E-state index contributed by atoms with van der Waals surface area (Å²) in [6.45, 7) is 0. The van der Waals surface area contributed by atoms with E-state index in [0.29, 0.717) is 11.5 Å². The third-order valence-electron chi connectivity index (χ3n) is 4.13. The molecule has 0 unspecified atom stereocenters. The number of aromatic nitrogens is 2. The first-order valence-corrected chi connectivity index (χ1v) is 9.19. The molecule has 0 aliphatic carbocycles. The number of nitrogens with zero attached hydrogens (tertiary/aromatic N) is 3. The van der Waals surface area contributed by atoms with E-state index in [-0.39, 0.29) is 5.75 Å². The summed E-state index contributed by atoms with van der Waals surface area (Å²) in [7, 11) is 1.93. The summed E-state index contributed by atoms with van der Waals surface area (Å²) >= 11 is 6.95. The summed E-state index contributed by atoms with van der Waals surface area (Å²) < 4.78 is 3.92. The second-order valence-electron chi connectivity index (χ2n) is 5.73. The quantitative estimate of drug-likeness (QED) is 0.391. The van der Waals surface area contributed by atoms with Crippen molar-refractivity contribution in [2.24, 2.45) is 12.0 Å². The summed E-state index contributed by atoms with van der Waals surface area (Å²) in [4.78, 5) is 9.06. The molecule has 1 N–H and O–H groups in total. The van der Waals surface area contributed by atoms with Crippen molar-refractivity contribution in [1.82, 2.24) is 9.55 Å². The minimum absolute atomic E-state index is 0.195. The van der Waals surface area contributed by atoms with Gasteiger partial charge in [0.25, 0.3) is 0 Å². The van der Waals surface area contributed by atoms with Crippen molar-refractivity contribution in [3.05, 3.63) is 63.0 Å². The van der Waals surface area contributed by atoms with Crippen LogP contribution in [0.1, 0.15) is 5.56 Å². The van der Waals surface area contributed by atoms with Crippen LogP contribution in [0.5, 0.6) is 5.75 Å². The van der Waals surface area contributed by atoms with Gasteiger partial charge in [-0.3, -0.25) is 0 Å². The van der Waals surface area contributed by atoms with Crippen molar-refractivity contribution in [2.75, 3.05) is 0 Å². The molecule has 0 saturated heterocycles. The Morgan fingerprint density at radius 2 is 1.80 bits per heavy atom. The first-order chi connectivity index (χ1) is 12.0. The molecule has 0 bridgehead atoms. The number of phenolic OH excluding ortho intramolecular Hbond substituents is 1. The van der Waals surface area contributed by atoms with Crippen LogP contribution in [0.2, 0.25) is 0 Å². The molecule has 0 radical (unpaired) electrons. The van der Waals surface area contributed by atoms with Crippen molar-refractivity contribution in [3.8, 4) is 5.75 Å². The summed E-state index contributed by atoms with van der Waals surface area (Å²) in [5, 5.41) is 12.2. The van der Waals surface area contributed by atoms with Gasteiger partial charge in [-0.2, -0.15) is 0 Å². The predicted molar refractivity (Wildman–Crippen MR) is 109 cm³/mol. The molecular weight excluding hydrogens is 446 g/mol. The molecule has 4 rings (SSSR count). The number of fused-ring (bicyclic) bond motifs is 2. The normalized spacial score (nSPS) is 11.8. The fourth-order valence-corrected chi connectivity index (χ4v) is 3.56. The van der Waals surface area contributed by atoms with Gasteiger partial charge in [0.2, 0.25) is 5.95 Å². The third kappa shape index (κ3) is 2.96. The Bertz CT molecular complexity index is 1150. The molecule has 0 amide bonds. The first kappa shape index (κ1) is 16.3. The van der Waals surface area contributed by atoms with Crippen molar-refractivity contribution in [1.29, 1.82) is 0 Å². The van der Waals surface area contributed by atoms with Crippen LogP contribution in [0, 0.1) is 0 Å². The standard InChI is InChI=1S/C19H13Br2N3O/c1-24-17-9-13(21)4-6-16(17)23-19(24)22-10-15-14-5-3-12(20)8-11(14)2-7-18(15)25/h2-10,25H,1H3/b22-10+. The van der Waals surface area contributed by atoms with Crippen LogP contribution in [0.15, 0.2) is 62.5 Å². The number of benzene rings is 3. The third-order valence-corrected chi connectivity index (χ3v) is 5.12. The van der Waals surface area contributed by atoms with Gasteiger partial charge in [-0.05, 0) is 47.2 Å². The van der Waals surface area contributed by atoms with E-state index >= 15 is 0 Å². The molecule has 1 heterocycles. The van der Waals surface area contributed by atoms with Crippen LogP contribution >= 0.6 is 31.9 Å². The van der Waals surface area contributed by atoms with E-state index < -0.39 is 0 Å². The van der Waals surface area contributed by atoms with Gasteiger partial charge in [0, 0.05) is 27.8 Å². The van der Waals surface area contributed by atoms with Crippen LogP contribution in [-0.2, 0) is 7.05 Å². The largest absolute Gasteiger partial charge is 0.507 e. The van der Waals surface area contributed by atoms with Gasteiger partial charge in [-0.25, -0.2) is 9.98 Å². The van der Waals surface area contributed by atoms with Crippen LogP contribution in [-0.4, -0.2) is 20.9 Å². The number of halogens is 2. The van der Waals surface area contributed by atoms with Gasteiger partial charge in [0.1, 0.15) is 5.75 Å². The Morgan fingerprint density at radius 1 is 1.04 bits per heavy atom.